The van der Waals surface area contributed by atoms with E-state index in [1.54, 1.807) is 24.3 Å². The lowest BCUT2D eigenvalue weighted by molar-refractivity contribution is -0.509. The van der Waals surface area contributed by atoms with Crippen LogP contribution in [0.1, 0.15) is 18.5 Å². The van der Waals surface area contributed by atoms with Crippen molar-refractivity contribution in [1.82, 2.24) is 5.32 Å². The fourth-order valence-corrected chi connectivity index (χ4v) is 2.36. The Morgan fingerprint density at radius 3 is 2.28 bits per heavy atom. The highest BCUT2D eigenvalue weighted by Gasteiger charge is 2.47. The van der Waals surface area contributed by atoms with Gasteiger partial charge in [-0.3, -0.25) is 14.9 Å². The molecule has 98 valence electrons. The molecule has 1 N–H and O–H groups in total. The lowest BCUT2D eigenvalue weighted by Gasteiger charge is -2.24. The molecule has 0 heterocycles. The largest absolute Gasteiger partial charge is 0.350 e. The third kappa shape index (κ3) is 3.76. The van der Waals surface area contributed by atoms with Crippen LogP contribution in [0, 0.1) is 10.1 Å². The maximum absolute atomic E-state index is 11.2. The van der Waals surface area contributed by atoms with Crippen LogP contribution in [0.3, 0.4) is 0 Å². The van der Waals surface area contributed by atoms with Crippen LogP contribution in [-0.4, -0.2) is 14.2 Å². The van der Waals surface area contributed by atoms with Crippen LogP contribution >= 0.6 is 47.8 Å². The average Bonchev–Trinajstić information content (AvgIpc) is 2.26. The first-order valence-corrected chi connectivity index (χ1v) is 7.18. The van der Waals surface area contributed by atoms with E-state index in [-0.39, 0.29) is 5.91 Å². The molecule has 0 saturated heterocycles. The van der Waals surface area contributed by atoms with E-state index < -0.39 is 14.3 Å². The molecule has 0 radical (unpaired) electrons. The molecule has 1 aromatic carbocycles. The first kappa shape index (κ1) is 15.6. The number of amides is 1. The number of hydrogen-bond donors (Lipinski definition) is 1. The highest BCUT2D eigenvalue weighted by atomic mass is 79.9. The van der Waals surface area contributed by atoms with Gasteiger partial charge in [-0.1, -0.05) is 28.1 Å². The summed E-state index contributed by atoms with van der Waals surface area (Å²) in [4.78, 5) is 21.7. The lowest BCUT2D eigenvalue weighted by atomic mass is 10.1. The van der Waals surface area contributed by atoms with Crippen molar-refractivity contribution in [2.75, 3.05) is 0 Å². The minimum atomic E-state index is -1.65. The molecule has 0 fully saturated rings. The summed E-state index contributed by atoms with van der Waals surface area (Å²) >= 11 is 9.26. The monoisotopic (exact) mass is 442 g/mol. The van der Waals surface area contributed by atoms with Crippen molar-refractivity contribution in [3.63, 3.8) is 0 Å². The highest BCUT2D eigenvalue weighted by molar-refractivity contribution is 9.25. The molecule has 8 heteroatoms. The minimum Gasteiger partial charge on any atom is -0.341 e. The van der Waals surface area contributed by atoms with Crippen LogP contribution in [0.4, 0.5) is 0 Å². The van der Waals surface area contributed by atoms with E-state index >= 15 is 0 Å². The van der Waals surface area contributed by atoms with E-state index in [4.69, 9.17) is 0 Å². The van der Waals surface area contributed by atoms with E-state index in [0.29, 0.717) is 5.56 Å². The van der Waals surface area contributed by atoms with Crippen LogP contribution in [0.25, 0.3) is 0 Å². The number of nitrogens with one attached hydrogen (secondary N) is 1. The number of nitro groups is 1. The SMILES string of the molecule is CC(=O)NC(c1ccc(Br)cc1)C(Br)(Br)[N+](=O)[O-]. The van der Waals surface area contributed by atoms with Gasteiger partial charge in [-0.25, -0.2) is 0 Å². The fourth-order valence-electron chi connectivity index (χ4n) is 1.33. The summed E-state index contributed by atoms with van der Waals surface area (Å²) in [5.74, 6) is -0.354. The summed E-state index contributed by atoms with van der Waals surface area (Å²) < 4.78 is -0.803. The molecule has 1 unspecified atom stereocenters. The Balaban J connectivity index is 3.17. The summed E-state index contributed by atoms with van der Waals surface area (Å²) in [7, 11) is 0. The number of hydrogen-bond acceptors (Lipinski definition) is 3. The standard InChI is InChI=1S/C10H9Br3N2O3/c1-6(16)14-9(10(12,13)15(17)18)7-2-4-8(11)5-3-7/h2-5,9H,1H3,(H,14,16). The summed E-state index contributed by atoms with van der Waals surface area (Å²) in [6.07, 6.45) is 0. The molecule has 0 spiro atoms. The highest BCUT2D eigenvalue weighted by Crippen LogP contribution is 2.40. The van der Waals surface area contributed by atoms with E-state index in [0.717, 1.165) is 4.47 Å². The van der Waals surface area contributed by atoms with E-state index in [2.05, 4.69) is 53.1 Å². The Morgan fingerprint density at radius 2 is 1.89 bits per heavy atom. The third-order valence-corrected chi connectivity index (χ3v) is 4.17. The average molecular weight is 445 g/mol. The van der Waals surface area contributed by atoms with Crippen molar-refractivity contribution in [2.45, 2.75) is 16.3 Å². The molecule has 1 amide bonds. The molecule has 0 aliphatic carbocycles. The van der Waals surface area contributed by atoms with Gasteiger partial charge in [0.25, 0.3) is 0 Å². The van der Waals surface area contributed by atoms with Gasteiger partial charge in [0.1, 0.15) is 6.04 Å². The number of alkyl halides is 2. The van der Waals surface area contributed by atoms with Crippen LogP contribution in [0.2, 0.25) is 0 Å². The zero-order valence-corrected chi connectivity index (χ0v) is 14.0. The van der Waals surface area contributed by atoms with Gasteiger partial charge in [0, 0.05) is 43.3 Å². The molecule has 0 aliphatic rings. The zero-order chi connectivity index (χ0) is 13.9. The third-order valence-electron chi connectivity index (χ3n) is 2.14. The Morgan fingerprint density at radius 1 is 1.39 bits per heavy atom. The van der Waals surface area contributed by atoms with Gasteiger partial charge in [-0.2, -0.15) is 0 Å². The molecule has 1 atom stereocenters. The topological polar surface area (TPSA) is 72.2 Å². The number of carbonyl (C=O) groups is 1. The van der Waals surface area contributed by atoms with Crippen molar-refractivity contribution >= 4 is 53.7 Å². The summed E-state index contributed by atoms with van der Waals surface area (Å²) in [5.41, 5.74) is 0.610. The van der Waals surface area contributed by atoms with Gasteiger partial charge >= 0.3 is 3.36 Å². The molecule has 0 bridgehead atoms. The molecular weight excluding hydrogens is 436 g/mol. The van der Waals surface area contributed by atoms with Crippen LogP contribution < -0.4 is 5.32 Å². The van der Waals surface area contributed by atoms with Gasteiger partial charge in [-0.15, -0.1) is 0 Å². The van der Waals surface area contributed by atoms with Gasteiger partial charge in [-0.05, 0) is 17.7 Å². The second-order valence-electron chi connectivity index (χ2n) is 3.53. The number of carbonyl (C=O) groups excluding carboxylic acids is 1. The first-order valence-electron chi connectivity index (χ1n) is 4.80. The predicted octanol–water partition coefficient (Wildman–Crippen LogP) is 3.35. The Kier molecular flexibility index (Phi) is 5.30. The molecule has 18 heavy (non-hydrogen) atoms. The predicted molar refractivity (Wildman–Crippen MR) is 78.3 cm³/mol. The van der Waals surface area contributed by atoms with Crippen molar-refractivity contribution in [2.24, 2.45) is 0 Å². The molecule has 0 aromatic heterocycles. The van der Waals surface area contributed by atoms with Crippen molar-refractivity contribution in [3.05, 3.63) is 44.4 Å². The number of nitrogens with zero attached hydrogens (tertiary/aromatic N) is 1. The second-order valence-corrected chi connectivity index (χ2v) is 7.93. The van der Waals surface area contributed by atoms with Crippen molar-refractivity contribution < 1.29 is 9.72 Å². The van der Waals surface area contributed by atoms with E-state index in [1.807, 2.05) is 0 Å². The maximum Gasteiger partial charge on any atom is 0.350 e. The van der Waals surface area contributed by atoms with Gasteiger partial charge in [0.15, 0.2) is 0 Å². The Hall–Kier alpha value is -0.470. The fraction of sp³-hybridized carbons (Fsp3) is 0.300. The van der Waals surface area contributed by atoms with Gasteiger partial charge in [0.2, 0.25) is 5.91 Å². The number of halogens is 3. The summed E-state index contributed by atoms with van der Waals surface area (Å²) in [6.45, 7) is 1.31. The van der Waals surface area contributed by atoms with Crippen LogP contribution in [0.15, 0.2) is 28.7 Å². The quantitative estimate of drug-likeness (QED) is 0.335. The van der Waals surface area contributed by atoms with Crippen molar-refractivity contribution in [1.29, 1.82) is 0 Å². The normalized spacial score (nSPS) is 12.9. The van der Waals surface area contributed by atoms with E-state index in [1.165, 1.54) is 6.92 Å². The number of benzene rings is 1. The summed E-state index contributed by atoms with van der Waals surface area (Å²) in [5, 5.41) is 13.6. The first-order chi connectivity index (χ1) is 8.25. The molecule has 1 aromatic rings. The molecule has 0 saturated carbocycles. The summed E-state index contributed by atoms with van der Waals surface area (Å²) in [6, 6.07) is 6.06. The Labute approximate surface area is 129 Å². The minimum absolute atomic E-state index is 0.354. The zero-order valence-electron chi connectivity index (χ0n) is 9.19. The Bertz CT molecular complexity index is 462. The van der Waals surface area contributed by atoms with Gasteiger partial charge < -0.3 is 5.32 Å². The molecular formula is C10H9Br3N2O3. The maximum atomic E-state index is 11.2. The lowest BCUT2D eigenvalue weighted by Crippen LogP contribution is -2.42. The number of rotatable bonds is 4. The van der Waals surface area contributed by atoms with E-state index in [9.17, 15) is 14.9 Å². The molecule has 1 rings (SSSR count). The second kappa shape index (κ2) is 6.12. The van der Waals surface area contributed by atoms with Crippen LogP contribution in [-0.2, 0) is 4.79 Å². The smallest absolute Gasteiger partial charge is 0.341 e. The van der Waals surface area contributed by atoms with Crippen LogP contribution in [0.5, 0.6) is 0 Å². The molecule has 0 aliphatic heterocycles. The van der Waals surface area contributed by atoms with Gasteiger partial charge in [0.05, 0.1) is 4.92 Å². The molecule has 5 nitrogen and oxygen atoms in total. The van der Waals surface area contributed by atoms with Crippen molar-refractivity contribution in [3.8, 4) is 0 Å².